The molecule has 33 heavy (non-hydrogen) atoms. The zero-order valence-corrected chi connectivity index (χ0v) is 19.3. The largest absolute Gasteiger partial charge is 1.00 e. The molecule has 2 fully saturated rings. The number of aliphatic carboxylic acids is 1. The predicted octanol–water partition coefficient (Wildman–Crippen LogP) is -2.23. The Hall–Kier alpha value is -2.64. The summed E-state index contributed by atoms with van der Waals surface area (Å²) >= 11 is 0. The minimum absolute atomic E-state index is 0. The zero-order valence-electron chi connectivity index (χ0n) is 18.3. The molecular formula is C19H18F3N4NaO6. The maximum atomic E-state index is 12.9. The van der Waals surface area contributed by atoms with Crippen LogP contribution in [0.3, 0.4) is 0 Å². The number of alkyl halides is 3. The monoisotopic (exact) mass is 478 g/mol. The van der Waals surface area contributed by atoms with E-state index in [1.54, 1.807) is 12.1 Å². The molecule has 1 aromatic heterocycles. The van der Waals surface area contributed by atoms with Crippen LogP contribution in [0.4, 0.5) is 18.0 Å². The Morgan fingerprint density at radius 3 is 2.55 bits per heavy atom. The van der Waals surface area contributed by atoms with Gasteiger partial charge < -0.3 is 21.5 Å². The van der Waals surface area contributed by atoms with Crippen molar-refractivity contribution in [2.75, 3.05) is 13.2 Å². The summed E-state index contributed by atoms with van der Waals surface area (Å²) in [7, 11) is 0. The van der Waals surface area contributed by atoms with Gasteiger partial charge in [0.15, 0.2) is 0 Å². The van der Waals surface area contributed by atoms with Crippen molar-refractivity contribution in [1.82, 2.24) is 20.1 Å². The first-order valence-corrected chi connectivity index (χ1v) is 9.55. The number of carbonyl (C=O) groups excluding carboxylic acids is 3. The Labute approximate surface area is 208 Å². The van der Waals surface area contributed by atoms with Gasteiger partial charge in [-0.1, -0.05) is 0 Å². The van der Waals surface area contributed by atoms with E-state index in [2.05, 4.69) is 10.3 Å². The zero-order chi connectivity index (χ0) is 23.2. The number of hydrogen-bond acceptors (Lipinski definition) is 6. The van der Waals surface area contributed by atoms with E-state index in [9.17, 15) is 37.5 Å². The summed E-state index contributed by atoms with van der Waals surface area (Å²) in [6, 6.07) is 1.16. The smallest absolute Gasteiger partial charge is 1.00 e. The molecule has 14 heteroatoms. The summed E-state index contributed by atoms with van der Waals surface area (Å²) in [4.78, 5) is 53.2. The number of ether oxygens (including phenoxy) is 1. The summed E-state index contributed by atoms with van der Waals surface area (Å²) in [6.07, 6.45) is -2.93. The summed E-state index contributed by atoms with van der Waals surface area (Å²) < 4.78 is 43.8. The fraction of sp³-hybridized carbons (Fsp3) is 0.421. The van der Waals surface area contributed by atoms with Gasteiger partial charge in [-0.15, -0.1) is 0 Å². The number of amides is 3. The Morgan fingerprint density at radius 2 is 1.94 bits per heavy atom. The maximum absolute atomic E-state index is 12.9. The first kappa shape index (κ1) is 25.0. The van der Waals surface area contributed by atoms with Gasteiger partial charge in [0.1, 0.15) is 18.3 Å². The number of hydrogen-bond donors (Lipinski definition) is 2. The number of halogens is 3. The third kappa shape index (κ3) is 4.57. The minimum atomic E-state index is -5.14. The molecule has 0 spiro atoms. The van der Waals surface area contributed by atoms with Crippen molar-refractivity contribution >= 4 is 23.9 Å². The van der Waals surface area contributed by atoms with Crippen molar-refractivity contribution in [2.24, 2.45) is 5.92 Å². The van der Waals surface area contributed by atoms with E-state index < -0.39 is 60.4 Å². The van der Waals surface area contributed by atoms with Crippen LogP contribution in [-0.4, -0.2) is 75.2 Å². The molecule has 0 unspecified atom stereocenters. The van der Waals surface area contributed by atoms with Crippen LogP contribution < -0.4 is 34.9 Å². The normalized spacial score (nSPS) is 23.4. The molecule has 172 valence electrons. The quantitative estimate of drug-likeness (QED) is 0.362. The van der Waals surface area contributed by atoms with Crippen molar-refractivity contribution in [3.8, 4) is 0 Å². The fourth-order valence-corrected chi connectivity index (χ4v) is 4.42. The van der Waals surface area contributed by atoms with Gasteiger partial charge in [-0.2, -0.15) is 13.2 Å². The molecule has 1 aromatic rings. The van der Waals surface area contributed by atoms with E-state index in [0.717, 1.165) is 10.5 Å². The first-order valence-electron chi connectivity index (χ1n) is 9.55. The number of carbonyl (C=O) groups is 4. The topological polar surface area (TPSA) is 129 Å². The Bertz CT molecular complexity index is 1030. The number of pyridine rings is 1. The number of β-lactam (4-membered cyclic amide) rings is 1. The molecule has 2 N–H and O–H groups in total. The molecule has 0 saturated carbocycles. The molecule has 10 nitrogen and oxygen atoms in total. The van der Waals surface area contributed by atoms with Crippen LogP contribution in [0.2, 0.25) is 0 Å². The number of alkyl carbamates (subject to hydrolysis) is 1. The van der Waals surface area contributed by atoms with Crippen LogP contribution in [0.25, 0.3) is 0 Å². The third-order valence-electron chi connectivity index (χ3n) is 5.72. The second-order valence-corrected chi connectivity index (χ2v) is 7.61. The van der Waals surface area contributed by atoms with E-state index >= 15 is 0 Å². The number of rotatable bonds is 5. The summed E-state index contributed by atoms with van der Waals surface area (Å²) in [5, 5.41) is 12.1. The number of nitrogens with zero attached hydrogens (tertiary/aromatic N) is 3. The van der Waals surface area contributed by atoms with Crippen molar-refractivity contribution in [2.45, 2.75) is 31.2 Å². The SMILES string of the molecule is O=C(NCc1ccncc1)OCC1=C(C(=O)O)N2C(=O)[C@@H]3[C@H]2[C@H](C1)CN3C(=O)C(F)(F)F.[H-].[Na+]. The number of aromatic nitrogens is 1. The van der Waals surface area contributed by atoms with Gasteiger partial charge in [0.25, 0.3) is 5.91 Å². The van der Waals surface area contributed by atoms with Gasteiger partial charge in [0.05, 0.1) is 6.04 Å². The number of carboxylic acids is 1. The van der Waals surface area contributed by atoms with Crippen molar-refractivity contribution in [1.29, 1.82) is 0 Å². The second kappa shape index (κ2) is 9.31. The van der Waals surface area contributed by atoms with Crippen LogP contribution in [0.1, 0.15) is 13.4 Å². The molecule has 4 heterocycles. The molecule has 0 aromatic carbocycles. The van der Waals surface area contributed by atoms with E-state index in [1.807, 2.05) is 0 Å². The minimum Gasteiger partial charge on any atom is -1.00 e. The average Bonchev–Trinajstić information content (AvgIpc) is 3.11. The number of nitrogens with one attached hydrogen (secondary N) is 1. The molecular weight excluding hydrogens is 460 g/mol. The van der Waals surface area contributed by atoms with Gasteiger partial charge in [0, 0.05) is 31.4 Å². The van der Waals surface area contributed by atoms with E-state index in [4.69, 9.17) is 4.74 Å². The van der Waals surface area contributed by atoms with Crippen LogP contribution in [-0.2, 0) is 25.7 Å². The average molecular weight is 478 g/mol. The summed E-state index contributed by atoms with van der Waals surface area (Å²) in [5.41, 5.74) is 0.419. The second-order valence-electron chi connectivity index (χ2n) is 7.61. The van der Waals surface area contributed by atoms with Crippen LogP contribution in [0.5, 0.6) is 0 Å². The molecule has 3 aliphatic heterocycles. The number of likely N-dealkylation sites (tertiary alicyclic amines) is 1. The molecule has 4 rings (SSSR count). The number of carboxylic acid groups (broad SMARTS) is 1. The molecule has 0 bridgehead atoms. The molecule has 3 amide bonds. The molecule has 3 atom stereocenters. The summed E-state index contributed by atoms with van der Waals surface area (Å²) in [5.74, 6) is -5.08. The molecule has 0 radical (unpaired) electrons. The Morgan fingerprint density at radius 1 is 1.27 bits per heavy atom. The van der Waals surface area contributed by atoms with E-state index in [1.165, 1.54) is 12.4 Å². The Kier molecular flexibility index (Phi) is 7.05. The van der Waals surface area contributed by atoms with E-state index in [0.29, 0.717) is 4.90 Å². The van der Waals surface area contributed by atoms with Gasteiger partial charge >= 0.3 is 53.7 Å². The maximum Gasteiger partial charge on any atom is 1.00 e. The van der Waals surface area contributed by atoms with Crippen LogP contribution >= 0.6 is 0 Å². The standard InChI is InChI=1S/C19H17F3N4O6.Na.H/c20-19(21,22)17(30)25-7-10-5-11(13(16(28)29)26-12(10)14(25)15(26)27)8-32-18(31)24-6-9-1-3-23-4-2-9;;/h1-4,10,12,14H,5-8H2,(H,24,31)(H,28,29);;/q;+1;-1/t10-,12-,14+;;/m1../s1. The first-order chi connectivity index (χ1) is 15.1. The van der Waals surface area contributed by atoms with Crippen LogP contribution in [0, 0.1) is 5.92 Å². The third-order valence-corrected chi connectivity index (χ3v) is 5.72. The molecule has 3 aliphatic rings. The van der Waals surface area contributed by atoms with Gasteiger partial charge in [-0.25, -0.2) is 9.59 Å². The van der Waals surface area contributed by atoms with E-state index in [-0.39, 0.29) is 56.1 Å². The van der Waals surface area contributed by atoms with Gasteiger partial charge in [0.2, 0.25) is 0 Å². The van der Waals surface area contributed by atoms with Crippen molar-refractivity contribution < 1.29 is 73.2 Å². The van der Waals surface area contributed by atoms with Gasteiger partial charge in [-0.3, -0.25) is 19.5 Å². The molecule has 2 saturated heterocycles. The Balaban J connectivity index is 0.00000204. The van der Waals surface area contributed by atoms with Crippen molar-refractivity contribution in [3.05, 3.63) is 41.4 Å². The van der Waals surface area contributed by atoms with Crippen LogP contribution in [0.15, 0.2) is 35.8 Å². The van der Waals surface area contributed by atoms with Gasteiger partial charge in [-0.05, 0) is 29.7 Å². The summed E-state index contributed by atoms with van der Waals surface area (Å²) in [6.45, 7) is -0.674. The predicted molar refractivity (Wildman–Crippen MR) is 98.5 cm³/mol. The fourth-order valence-electron chi connectivity index (χ4n) is 4.42. The van der Waals surface area contributed by atoms with Crippen molar-refractivity contribution in [3.63, 3.8) is 0 Å². The molecule has 0 aliphatic carbocycles.